The number of thioether (sulfide) groups is 1. The molecule has 1 unspecified atom stereocenters. The molecule has 1 aromatic heterocycles. The predicted octanol–water partition coefficient (Wildman–Crippen LogP) is 2.54. The topological polar surface area (TPSA) is 70.5 Å². The molecular formula is C14H17FN2O4S. The number of methoxy groups -OCH3 is 3. The molecule has 120 valence electrons. The summed E-state index contributed by atoms with van der Waals surface area (Å²) in [6.45, 7) is 0. The zero-order valence-electron chi connectivity index (χ0n) is 12.6. The van der Waals surface area contributed by atoms with Crippen molar-refractivity contribution in [1.29, 1.82) is 0 Å². The third-order valence-electron chi connectivity index (χ3n) is 3.27. The van der Waals surface area contributed by atoms with Crippen LogP contribution in [0.2, 0.25) is 0 Å². The normalized spacial score (nSPS) is 21.0. The second-order valence-corrected chi connectivity index (χ2v) is 5.59. The number of esters is 1. The molecule has 1 aliphatic rings. The van der Waals surface area contributed by atoms with Gasteiger partial charge in [0.2, 0.25) is 5.67 Å². The molecule has 0 bridgehead atoms. The molecule has 1 aromatic rings. The summed E-state index contributed by atoms with van der Waals surface area (Å²) in [6, 6.07) is 0. The highest BCUT2D eigenvalue weighted by Gasteiger charge is 2.45. The molecule has 1 atom stereocenters. The van der Waals surface area contributed by atoms with Crippen LogP contribution in [0.25, 0.3) is 0 Å². The Labute approximate surface area is 132 Å². The number of nitrogens with zero attached hydrogens (tertiary/aromatic N) is 2. The van der Waals surface area contributed by atoms with Crippen molar-refractivity contribution < 1.29 is 23.4 Å². The second-order valence-electron chi connectivity index (χ2n) is 4.59. The standard InChI is InChI=1S/C14H17FN2O4S/c1-19-9-8-16-13(17-11(9)20-2)22-10-6-4-5-7-14(10,15)12(18)21-3/h6,8H,4-5,7H2,1-3H3. The molecule has 0 N–H and O–H groups in total. The van der Waals surface area contributed by atoms with Gasteiger partial charge in [-0.15, -0.1) is 0 Å². The van der Waals surface area contributed by atoms with Gasteiger partial charge < -0.3 is 14.2 Å². The van der Waals surface area contributed by atoms with Gasteiger partial charge in [-0.3, -0.25) is 0 Å². The van der Waals surface area contributed by atoms with Crippen molar-refractivity contribution in [3.05, 3.63) is 17.2 Å². The fourth-order valence-electron chi connectivity index (χ4n) is 2.12. The van der Waals surface area contributed by atoms with Crippen LogP contribution in [0.4, 0.5) is 4.39 Å². The summed E-state index contributed by atoms with van der Waals surface area (Å²) in [5.41, 5.74) is -2.14. The summed E-state index contributed by atoms with van der Waals surface area (Å²) in [5.74, 6) is -0.269. The van der Waals surface area contributed by atoms with Crippen molar-refractivity contribution in [3.8, 4) is 11.6 Å². The largest absolute Gasteiger partial charge is 0.490 e. The molecule has 2 rings (SSSR count). The highest BCUT2D eigenvalue weighted by atomic mass is 32.2. The monoisotopic (exact) mass is 328 g/mol. The van der Waals surface area contributed by atoms with Crippen molar-refractivity contribution in [2.24, 2.45) is 0 Å². The Kier molecular flexibility index (Phi) is 5.23. The van der Waals surface area contributed by atoms with E-state index in [4.69, 9.17) is 9.47 Å². The molecule has 0 radical (unpaired) electrons. The summed E-state index contributed by atoms with van der Waals surface area (Å²) in [5, 5.41) is 0.275. The summed E-state index contributed by atoms with van der Waals surface area (Å²) >= 11 is 0.991. The Bertz CT molecular complexity index is 596. The number of hydrogen-bond acceptors (Lipinski definition) is 7. The highest BCUT2D eigenvalue weighted by molar-refractivity contribution is 8.03. The molecule has 22 heavy (non-hydrogen) atoms. The van der Waals surface area contributed by atoms with Gasteiger partial charge in [-0.05, 0) is 19.3 Å². The van der Waals surface area contributed by atoms with E-state index >= 15 is 0 Å². The third kappa shape index (κ3) is 3.16. The molecule has 0 amide bonds. The number of allylic oxidation sites excluding steroid dienone is 1. The van der Waals surface area contributed by atoms with Crippen molar-refractivity contribution in [1.82, 2.24) is 9.97 Å². The summed E-state index contributed by atoms with van der Waals surface area (Å²) in [7, 11) is 4.10. The van der Waals surface area contributed by atoms with Gasteiger partial charge in [-0.1, -0.05) is 17.8 Å². The van der Waals surface area contributed by atoms with Crippen LogP contribution in [0, 0.1) is 0 Å². The molecule has 0 aromatic carbocycles. The van der Waals surface area contributed by atoms with Crippen LogP contribution in [0.1, 0.15) is 19.3 Å². The van der Waals surface area contributed by atoms with Crippen LogP contribution in [0.3, 0.4) is 0 Å². The highest BCUT2D eigenvalue weighted by Crippen LogP contribution is 2.43. The SMILES string of the molecule is COC(=O)C1(F)CCCC=C1Sc1ncc(OC)c(OC)n1. The van der Waals surface area contributed by atoms with Gasteiger partial charge in [-0.2, -0.15) is 4.98 Å². The molecule has 0 spiro atoms. The van der Waals surface area contributed by atoms with Gasteiger partial charge in [-0.25, -0.2) is 14.2 Å². The Hall–Kier alpha value is -1.83. The first-order chi connectivity index (χ1) is 10.5. The average molecular weight is 328 g/mol. The van der Waals surface area contributed by atoms with Crippen LogP contribution in [0.5, 0.6) is 11.6 Å². The van der Waals surface area contributed by atoms with Crippen molar-refractivity contribution in [2.75, 3.05) is 21.3 Å². The minimum absolute atomic E-state index is 0.0891. The van der Waals surface area contributed by atoms with E-state index < -0.39 is 11.6 Å². The summed E-state index contributed by atoms with van der Waals surface area (Å²) < 4.78 is 29.7. The molecule has 0 aliphatic heterocycles. The Balaban J connectivity index is 2.28. The fraction of sp³-hybridized carbons (Fsp3) is 0.500. The Morgan fingerprint density at radius 1 is 1.36 bits per heavy atom. The third-order valence-corrected chi connectivity index (χ3v) is 4.36. The second kappa shape index (κ2) is 6.95. The first-order valence-electron chi connectivity index (χ1n) is 6.66. The van der Waals surface area contributed by atoms with E-state index in [2.05, 4.69) is 14.7 Å². The van der Waals surface area contributed by atoms with E-state index in [-0.39, 0.29) is 22.4 Å². The van der Waals surface area contributed by atoms with Gasteiger partial charge >= 0.3 is 5.97 Å². The lowest BCUT2D eigenvalue weighted by Crippen LogP contribution is -2.37. The maximum Gasteiger partial charge on any atom is 0.348 e. The number of ether oxygens (including phenoxy) is 3. The van der Waals surface area contributed by atoms with Gasteiger partial charge in [0.05, 0.1) is 27.5 Å². The maximum atomic E-state index is 15.0. The molecule has 6 nitrogen and oxygen atoms in total. The van der Waals surface area contributed by atoms with E-state index in [0.29, 0.717) is 18.6 Å². The number of hydrogen-bond donors (Lipinski definition) is 0. The number of halogens is 1. The lowest BCUT2D eigenvalue weighted by molar-refractivity contribution is -0.152. The summed E-state index contributed by atoms with van der Waals surface area (Å²) in [4.78, 5) is 20.3. The van der Waals surface area contributed by atoms with E-state index in [1.807, 2.05) is 0 Å². The van der Waals surface area contributed by atoms with E-state index in [9.17, 15) is 9.18 Å². The van der Waals surface area contributed by atoms with Gasteiger partial charge in [0.15, 0.2) is 10.9 Å². The molecule has 8 heteroatoms. The number of carbonyl (C=O) groups is 1. The number of alkyl halides is 1. The molecule has 1 aliphatic carbocycles. The van der Waals surface area contributed by atoms with E-state index in [0.717, 1.165) is 11.8 Å². The van der Waals surface area contributed by atoms with E-state index in [1.165, 1.54) is 27.5 Å². The molecular weight excluding hydrogens is 311 g/mol. The Morgan fingerprint density at radius 3 is 2.77 bits per heavy atom. The number of carbonyl (C=O) groups excluding carboxylic acids is 1. The Morgan fingerprint density at radius 2 is 2.14 bits per heavy atom. The molecule has 1 heterocycles. The lowest BCUT2D eigenvalue weighted by Gasteiger charge is -2.27. The first kappa shape index (κ1) is 16.5. The zero-order valence-corrected chi connectivity index (χ0v) is 13.4. The van der Waals surface area contributed by atoms with Crippen molar-refractivity contribution >= 4 is 17.7 Å². The van der Waals surface area contributed by atoms with Crippen LogP contribution in [-0.4, -0.2) is 42.9 Å². The molecule has 0 saturated carbocycles. The van der Waals surface area contributed by atoms with E-state index in [1.54, 1.807) is 6.08 Å². The fourth-order valence-corrected chi connectivity index (χ4v) is 3.10. The molecule has 0 fully saturated rings. The first-order valence-corrected chi connectivity index (χ1v) is 7.47. The molecule has 0 saturated heterocycles. The van der Waals surface area contributed by atoms with Gasteiger partial charge in [0.1, 0.15) is 0 Å². The summed E-state index contributed by atoms with van der Waals surface area (Å²) in [6.07, 6.45) is 4.49. The lowest BCUT2D eigenvalue weighted by atomic mass is 9.92. The van der Waals surface area contributed by atoms with Crippen molar-refractivity contribution in [2.45, 2.75) is 30.1 Å². The van der Waals surface area contributed by atoms with Gasteiger partial charge in [0, 0.05) is 4.91 Å². The minimum atomic E-state index is -2.14. The van der Waals surface area contributed by atoms with Crippen LogP contribution in [-0.2, 0) is 9.53 Å². The quantitative estimate of drug-likeness (QED) is 0.607. The van der Waals surface area contributed by atoms with Crippen molar-refractivity contribution in [3.63, 3.8) is 0 Å². The zero-order chi connectivity index (χ0) is 16.2. The smallest absolute Gasteiger partial charge is 0.348 e. The van der Waals surface area contributed by atoms with Crippen LogP contribution < -0.4 is 9.47 Å². The maximum absolute atomic E-state index is 15.0. The van der Waals surface area contributed by atoms with Crippen LogP contribution in [0.15, 0.2) is 22.3 Å². The average Bonchev–Trinajstić information content (AvgIpc) is 2.56. The number of aromatic nitrogens is 2. The van der Waals surface area contributed by atoms with Crippen LogP contribution >= 0.6 is 11.8 Å². The number of rotatable bonds is 5. The predicted molar refractivity (Wildman–Crippen MR) is 78.8 cm³/mol. The van der Waals surface area contributed by atoms with Gasteiger partial charge in [0.25, 0.3) is 5.88 Å². The minimum Gasteiger partial charge on any atom is -0.490 e.